The molecule has 0 radical (unpaired) electrons. The number of rotatable bonds is 9. The van der Waals surface area contributed by atoms with E-state index in [1.807, 2.05) is 53.4 Å². The van der Waals surface area contributed by atoms with Crippen LogP contribution in [0.3, 0.4) is 0 Å². The predicted molar refractivity (Wildman–Crippen MR) is 109 cm³/mol. The number of hydrogen-bond acceptors (Lipinski definition) is 4. The molecule has 0 aliphatic rings. The van der Waals surface area contributed by atoms with Crippen LogP contribution in [-0.2, 0) is 6.54 Å². The van der Waals surface area contributed by atoms with Gasteiger partial charge in [-0.05, 0) is 39.7 Å². The maximum Gasteiger partial charge on any atom is 0.133 e. The van der Waals surface area contributed by atoms with Crippen molar-refractivity contribution >= 4 is 44.3 Å². The van der Waals surface area contributed by atoms with Gasteiger partial charge in [0.15, 0.2) is 0 Å². The van der Waals surface area contributed by atoms with Crippen molar-refractivity contribution in [2.75, 3.05) is 26.3 Å². The minimum Gasteiger partial charge on any atom is -0.490 e. The summed E-state index contributed by atoms with van der Waals surface area (Å²) < 4.78 is 7.47. The zero-order chi connectivity index (χ0) is 17.4. The summed E-state index contributed by atoms with van der Waals surface area (Å²) >= 11 is 6.83. The molecule has 2 aromatic rings. The fourth-order valence-electron chi connectivity index (χ4n) is 2.35. The topological polar surface area (TPSA) is 52.9 Å². The number of ether oxygens (including phenoxy) is 1. The molecular weight excluding hydrogens is 473 g/mol. The summed E-state index contributed by atoms with van der Waals surface area (Å²) in [6.45, 7) is 1.87. The third-order valence-corrected chi connectivity index (χ3v) is 4.57. The minimum absolute atomic E-state index is 0. The van der Waals surface area contributed by atoms with Crippen LogP contribution in [0.15, 0.2) is 57.5 Å². The maximum absolute atomic E-state index is 10.3. The monoisotopic (exact) mass is 493 g/mol. The Balaban J connectivity index is 0.00000312. The van der Waals surface area contributed by atoms with Crippen molar-refractivity contribution in [1.82, 2.24) is 4.90 Å². The Morgan fingerprint density at radius 3 is 2.44 bits per heavy atom. The second-order valence-corrected chi connectivity index (χ2v) is 7.25. The molecule has 7 heteroatoms. The summed E-state index contributed by atoms with van der Waals surface area (Å²) in [6.07, 6.45) is -0.643. The van der Waals surface area contributed by atoms with Crippen molar-refractivity contribution < 1.29 is 14.9 Å². The van der Waals surface area contributed by atoms with E-state index in [-0.39, 0.29) is 25.6 Å². The molecule has 0 saturated carbocycles. The largest absolute Gasteiger partial charge is 0.490 e. The lowest BCUT2D eigenvalue weighted by molar-refractivity contribution is 0.0588. The number of benzene rings is 2. The Kier molecular flexibility index (Phi) is 10.7. The lowest BCUT2D eigenvalue weighted by Crippen LogP contribution is -2.37. The van der Waals surface area contributed by atoms with Gasteiger partial charge in [0.2, 0.25) is 0 Å². The first-order valence-corrected chi connectivity index (χ1v) is 9.30. The zero-order valence-corrected chi connectivity index (χ0v) is 17.6. The summed E-state index contributed by atoms with van der Waals surface area (Å²) in [7, 11) is 0. The molecule has 0 aliphatic heterocycles. The molecule has 25 heavy (non-hydrogen) atoms. The lowest BCUT2D eigenvalue weighted by atomic mass is 10.2. The highest BCUT2D eigenvalue weighted by Crippen LogP contribution is 2.28. The van der Waals surface area contributed by atoms with Gasteiger partial charge in [0.25, 0.3) is 0 Å². The quantitative estimate of drug-likeness (QED) is 0.555. The molecule has 0 amide bonds. The second kappa shape index (κ2) is 11.9. The van der Waals surface area contributed by atoms with Crippen molar-refractivity contribution in [3.05, 3.63) is 63.0 Å². The van der Waals surface area contributed by atoms with Gasteiger partial charge in [-0.25, -0.2) is 0 Å². The Morgan fingerprint density at radius 2 is 1.80 bits per heavy atom. The lowest BCUT2D eigenvalue weighted by Gasteiger charge is -2.24. The van der Waals surface area contributed by atoms with Crippen molar-refractivity contribution in [2.24, 2.45) is 0 Å². The molecule has 0 saturated heterocycles. The van der Waals surface area contributed by atoms with Gasteiger partial charge in [-0.3, -0.25) is 4.90 Å². The predicted octanol–water partition coefficient (Wildman–Crippen LogP) is 3.87. The van der Waals surface area contributed by atoms with E-state index >= 15 is 0 Å². The SMILES string of the molecule is Cl.OCCN(Cc1ccccc1)CC(O)COc1ccc(Br)cc1Br. The van der Waals surface area contributed by atoms with Crippen molar-refractivity contribution in [2.45, 2.75) is 12.6 Å². The maximum atomic E-state index is 10.3. The van der Waals surface area contributed by atoms with Gasteiger partial charge in [0, 0.05) is 24.1 Å². The molecule has 0 heterocycles. The van der Waals surface area contributed by atoms with Gasteiger partial charge in [-0.2, -0.15) is 0 Å². The highest BCUT2D eigenvalue weighted by molar-refractivity contribution is 9.11. The Labute approximate surface area is 171 Å². The summed E-state index contributed by atoms with van der Waals surface area (Å²) in [5.41, 5.74) is 1.15. The fourth-order valence-corrected chi connectivity index (χ4v) is 3.51. The van der Waals surface area contributed by atoms with Crippen LogP contribution in [-0.4, -0.2) is 47.5 Å². The van der Waals surface area contributed by atoms with Crippen LogP contribution in [0.1, 0.15) is 5.56 Å². The van der Waals surface area contributed by atoms with Gasteiger partial charge in [0.05, 0.1) is 11.1 Å². The van der Waals surface area contributed by atoms with Crippen LogP contribution in [0.5, 0.6) is 5.75 Å². The molecule has 0 aromatic heterocycles. The first-order valence-electron chi connectivity index (χ1n) is 7.71. The van der Waals surface area contributed by atoms with Crippen LogP contribution in [0, 0.1) is 0 Å². The highest BCUT2D eigenvalue weighted by atomic mass is 79.9. The van der Waals surface area contributed by atoms with Crippen molar-refractivity contribution in [1.29, 1.82) is 0 Å². The van der Waals surface area contributed by atoms with Gasteiger partial charge in [-0.15, -0.1) is 12.4 Å². The van der Waals surface area contributed by atoms with Crippen molar-refractivity contribution in [3.8, 4) is 5.75 Å². The standard InChI is InChI=1S/C18H21Br2NO3.ClH/c19-15-6-7-18(17(20)10-15)24-13-16(23)12-21(8-9-22)11-14-4-2-1-3-5-14;/h1-7,10,16,22-23H,8-9,11-13H2;1H. The van der Waals surface area contributed by atoms with E-state index in [1.54, 1.807) is 0 Å². The van der Waals surface area contributed by atoms with Gasteiger partial charge >= 0.3 is 0 Å². The molecule has 2 aromatic carbocycles. The molecule has 0 fully saturated rings. The minimum atomic E-state index is -0.643. The summed E-state index contributed by atoms with van der Waals surface area (Å²) in [5.74, 6) is 0.689. The molecule has 4 nitrogen and oxygen atoms in total. The smallest absolute Gasteiger partial charge is 0.133 e. The average Bonchev–Trinajstić information content (AvgIpc) is 2.55. The van der Waals surface area contributed by atoms with E-state index in [9.17, 15) is 10.2 Å². The van der Waals surface area contributed by atoms with Crippen LogP contribution in [0.2, 0.25) is 0 Å². The first kappa shape index (κ1) is 22.4. The first-order chi connectivity index (χ1) is 11.6. The Bertz CT molecular complexity index is 631. The van der Waals surface area contributed by atoms with E-state index in [2.05, 4.69) is 31.9 Å². The molecule has 138 valence electrons. The zero-order valence-electron chi connectivity index (χ0n) is 13.6. The van der Waals surface area contributed by atoms with Crippen LogP contribution in [0.25, 0.3) is 0 Å². The third-order valence-electron chi connectivity index (χ3n) is 3.46. The van der Waals surface area contributed by atoms with Gasteiger partial charge < -0.3 is 14.9 Å². The fraction of sp³-hybridized carbons (Fsp3) is 0.333. The van der Waals surface area contributed by atoms with Gasteiger partial charge in [-0.1, -0.05) is 46.3 Å². The van der Waals surface area contributed by atoms with Crippen molar-refractivity contribution in [3.63, 3.8) is 0 Å². The Morgan fingerprint density at radius 1 is 1.08 bits per heavy atom. The molecule has 1 atom stereocenters. The third kappa shape index (κ3) is 8.07. The average molecular weight is 496 g/mol. The molecule has 0 spiro atoms. The van der Waals surface area contributed by atoms with Crippen LogP contribution < -0.4 is 4.74 Å². The molecule has 0 bridgehead atoms. The van der Waals surface area contributed by atoms with E-state index in [0.717, 1.165) is 14.5 Å². The second-order valence-electron chi connectivity index (χ2n) is 5.48. The number of hydrogen-bond donors (Lipinski definition) is 2. The Hall–Kier alpha value is -0.630. The normalized spacial score (nSPS) is 11.9. The van der Waals surface area contributed by atoms with E-state index in [4.69, 9.17) is 4.74 Å². The molecule has 2 rings (SSSR count). The van der Waals surface area contributed by atoms with Crippen LogP contribution in [0.4, 0.5) is 0 Å². The molecule has 0 aliphatic carbocycles. The number of nitrogens with zero attached hydrogens (tertiary/aromatic N) is 1. The number of aliphatic hydroxyl groups excluding tert-OH is 2. The van der Waals surface area contributed by atoms with Crippen LogP contribution >= 0.6 is 44.3 Å². The van der Waals surface area contributed by atoms with E-state index in [0.29, 0.717) is 25.4 Å². The summed E-state index contributed by atoms with van der Waals surface area (Å²) in [5, 5.41) is 19.5. The van der Waals surface area contributed by atoms with E-state index < -0.39 is 6.10 Å². The summed E-state index contributed by atoms with van der Waals surface area (Å²) in [6, 6.07) is 15.6. The number of halogens is 3. The van der Waals surface area contributed by atoms with E-state index in [1.165, 1.54) is 0 Å². The highest BCUT2D eigenvalue weighted by Gasteiger charge is 2.13. The molecule has 1 unspecified atom stereocenters. The van der Waals surface area contributed by atoms with Gasteiger partial charge in [0.1, 0.15) is 18.5 Å². The number of aliphatic hydroxyl groups is 2. The summed E-state index contributed by atoms with van der Waals surface area (Å²) in [4.78, 5) is 2.01. The molecule has 2 N–H and O–H groups in total. The molecular formula is C18H22Br2ClNO3.